The number of methoxy groups -OCH3 is 1. The van der Waals surface area contributed by atoms with Crippen LogP contribution in [0.3, 0.4) is 0 Å². The third-order valence-corrected chi connectivity index (χ3v) is 2.42. The van der Waals surface area contributed by atoms with Crippen LogP contribution >= 0.6 is 0 Å². The fraction of sp³-hybridized carbons (Fsp3) is 0.500. The van der Waals surface area contributed by atoms with Crippen LogP contribution in [-0.4, -0.2) is 20.1 Å². The van der Waals surface area contributed by atoms with E-state index in [1.807, 2.05) is 52.1 Å². The molecule has 1 aromatic rings. The fourth-order valence-corrected chi connectivity index (χ4v) is 1.44. The minimum absolute atomic E-state index is 0.196. The molecule has 0 radical (unpaired) electrons. The zero-order chi connectivity index (χ0) is 13.3. The van der Waals surface area contributed by atoms with Crippen LogP contribution in [0.1, 0.15) is 37.8 Å². The number of esters is 1. The molecule has 17 heavy (non-hydrogen) atoms. The maximum atomic E-state index is 11.3. The summed E-state index contributed by atoms with van der Waals surface area (Å²) in [6.07, 6.45) is 0. The van der Waals surface area contributed by atoms with E-state index in [0.717, 1.165) is 12.1 Å². The zero-order valence-electron chi connectivity index (χ0n) is 11.4. The number of hydrogen-bond acceptors (Lipinski definition) is 3. The lowest BCUT2D eigenvalue weighted by molar-refractivity contribution is -0.141. The van der Waals surface area contributed by atoms with Crippen LogP contribution in [0.15, 0.2) is 24.3 Å². The predicted octanol–water partition coefficient (Wildman–Crippen LogP) is 2.71. The second kappa shape index (κ2) is 8.76. The van der Waals surface area contributed by atoms with E-state index in [1.165, 1.54) is 12.7 Å². The third kappa shape index (κ3) is 5.00. The van der Waals surface area contributed by atoms with Crippen LogP contribution in [0, 0.1) is 0 Å². The highest BCUT2D eigenvalue weighted by atomic mass is 16.5. The molecule has 0 aromatic heterocycles. The van der Waals surface area contributed by atoms with Gasteiger partial charge in [-0.15, -0.1) is 0 Å². The van der Waals surface area contributed by atoms with E-state index in [-0.39, 0.29) is 11.9 Å². The molecule has 1 aromatic carbocycles. The number of hydrogen-bond donors (Lipinski definition) is 1. The molecule has 96 valence electrons. The Morgan fingerprint density at radius 1 is 1.29 bits per heavy atom. The molecule has 0 fully saturated rings. The van der Waals surface area contributed by atoms with Gasteiger partial charge in [0.2, 0.25) is 0 Å². The Kier molecular flexibility index (Phi) is 8.07. The molecule has 1 atom stereocenters. The van der Waals surface area contributed by atoms with Crippen molar-refractivity contribution in [3.05, 3.63) is 35.4 Å². The highest BCUT2D eigenvalue weighted by Gasteiger charge is 2.14. The first kappa shape index (κ1) is 15.7. The second-order valence-electron chi connectivity index (χ2n) is 3.52. The maximum Gasteiger partial charge on any atom is 0.312 e. The van der Waals surface area contributed by atoms with E-state index in [1.54, 1.807) is 0 Å². The molecule has 0 saturated carbocycles. The van der Waals surface area contributed by atoms with Gasteiger partial charge in [-0.05, 0) is 25.1 Å². The van der Waals surface area contributed by atoms with Crippen LogP contribution in [-0.2, 0) is 16.1 Å². The monoisotopic (exact) mass is 237 g/mol. The van der Waals surface area contributed by atoms with E-state index >= 15 is 0 Å². The molecule has 1 N–H and O–H groups in total. The second-order valence-corrected chi connectivity index (χ2v) is 3.52. The van der Waals surface area contributed by atoms with Gasteiger partial charge in [-0.2, -0.15) is 0 Å². The van der Waals surface area contributed by atoms with Crippen LogP contribution in [0.5, 0.6) is 0 Å². The number of ether oxygens (including phenoxy) is 1. The zero-order valence-corrected chi connectivity index (χ0v) is 11.4. The number of nitrogens with one attached hydrogen (secondary N) is 1. The lowest BCUT2D eigenvalue weighted by atomic mass is 10.00. The third-order valence-electron chi connectivity index (χ3n) is 2.42. The van der Waals surface area contributed by atoms with Gasteiger partial charge in [0.1, 0.15) is 0 Å². The highest BCUT2D eigenvalue weighted by molar-refractivity contribution is 5.77. The number of benzene rings is 1. The van der Waals surface area contributed by atoms with E-state index in [2.05, 4.69) is 5.32 Å². The lowest BCUT2D eigenvalue weighted by Crippen LogP contribution is -2.11. The van der Waals surface area contributed by atoms with Gasteiger partial charge in [-0.1, -0.05) is 38.1 Å². The van der Waals surface area contributed by atoms with Crippen LogP contribution in [0.25, 0.3) is 0 Å². The van der Waals surface area contributed by atoms with E-state index in [0.29, 0.717) is 0 Å². The molecular formula is C14H23NO2. The van der Waals surface area contributed by atoms with E-state index < -0.39 is 0 Å². The molecule has 3 nitrogen and oxygen atoms in total. The Morgan fingerprint density at radius 2 is 1.82 bits per heavy atom. The summed E-state index contributed by atoms with van der Waals surface area (Å²) in [6, 6.07) is 7.97. The Labute approximate surface area is 104 Å². The van der Waals surface area contributed by atoms with Crippen molar-refractivity contribution >= 4 is 5.97 Å². The molecule has 0 saturated heterocycles. The number of carbonyl (C=O) groups excluding carboxylic acids is 1. The Morgan fingerprint density at radius 3 is 2.24 bits per heavy atom. The summed E-state index contributed by atoms with van der Waals surface area (Å²) in [5.74, 6) is -0.394. The smallest absolute Gasteiger partial charge is 0.312 e. The topological polar surface area (TPSA) is 38.3 Å². The van der Waals surface area contributed by atoms with Crippen molar-refractivity contribution in [2.24, 2.45) is 0 Å². The highest BCUT2D eigenvalue weighted by Crippen LogP contribution is 2.17. The average molecular weight is 237 g/mol. The summed E-state index contributed by atoms with van der Waals surface area (Å²) in [7, 11) is 3.32. The minimum atomic E-state index is -0.198. The molecule has 0 heterocycles. The first-order chi connectivity index (χ1) is 8.19. The van der Waals surface area contributed by atoms with Gasteiger partial charge in [0.25, 0.3) is 0 Å². The quantitative estimate of drug-likeness (QED) is 0.818. The normalized spacial score (nSPS) is 11.1. The summed E-state index contributed by atoms with van der Waals surface area (Å²) in [4.78, 5) is 11.3. The molecule has 1 rings (SSSR count). The van der Waals surface area contributed by atoms with Gasteiger partial charge in [0.05, 0.1) is 13.0 Å². The summed E-state index contributed by atoms with van der Waals surface area (Å²) < 4.78 is 4.69. The van der Waals surface area contributed by atoms with Gasteiger partial charge in [0, 0.05) is 6.54 Å². The fourth-order valence-electron chi connectivity index (χ4n) is 1.44. The van der Waals surface area contributed by atoms with Gasteiger partial charge in [-0.3, -0.25) is 4.79 Å². The van der Waals surface area contributed by atoms with Gasteiger partial charge < -0.3 is 10.1 Å². The molecule has 0 aliphatic rings. The molecule has 0 amide bonds. The summed E-state index contributed by atoms with van der Waals surface area (Å²) >= 11 is 0. The first-order valence-corrected chi connectivity index (χ1v) is 6.00. The van der Waals surface area contributed by atoms with Crippen molar-refractivity contribution < 1.29 is 9.53 Å². The molecule has 0 bridgehead atoms. The molecule has 0 aliphatic heterocycles. The van der Waals surface area contributed by atoms with Crippen molar-refractivity contribution in [2.75, 3.05) is 14.2 Å². The van der Waals surface area contributed by atoms with Crippen LogP contribution in [0.2, 0.25) is 0 Å². The van der Waals surface area contributed by atoms with E-state index in [4.69, 9.17) is 4.74 Å². The van der Waals surface area contributed by atoms with Crippen molar-refractivity contribution in [3.8, 4) is 0 Å². The van der Waals surface area contributed by atoms with Crippen LogP contribution in [0.4, 0.5) is 0 Å². The van der Waals surface area contributed by atoms with E-state index in [9.17, 15) is 4.79 Å². The Balaban J connectivity index is 0.00000121. The molecule has 0 spiro atoms. The standard InChI is InChI=1S/C12H17NO2.C2H6/c1-9(12(14)15-3)11-6-4-10(5-7-11)8-13-2;1-2/h4-7,9,13H,8H2,1-3H3;1-2H3. The summed E-state index contributed by atoms with van der Waals surface area (Å²) in [5.41, 5.74) is 2.19. The Bertz CT molecular complexity index is 319. The molecule has 0 aliphatic carbocycles. The van der Waals surface area contributed by atoms with Crippen molar-refractivity contribution in [1.29, 1.82) is 0 Å². The number of rotatable bonds is 4. The lowest BCUT2D eigenvalue weighted by Gasteiger charge is -2.09. The summed E-state index contributed by atoms with van der Waals surface area (Å²) in [6.45, 7) is 6.69. The van der Waals surface area contributed by atoms with Gasteiger partial charge in [0.15, 0.2) is 0 Å². The van der Waals surface area contributed by atoms with Gasteiger partial charge >= 0.3 is 5.97 Å². The van der Waals surface area contributed by atoms with Crippen molar-refractivity contribution in [1.82, 2.24) is 5.32 Å². The number of carbonyl (C=O) groups is 1. The Hall–Kier alpha value is -1.35. The predicted molar refractivity (Wildman–Crippen MR) is 71.0 cm³/mol. The average Bonchev–Trinajstić information content (AvgIpc) is 2.40. The SMILES string of the molecule is CC.CNCc1ccc(C(C)C(=O)OC)cc1. The molecular weight excluding hydrogens is 214 g/mol. The van der Waals surface area contributed by atoms with Crippen molar-refractivity contribution in [2.45, 2.75) is 33.2 Å². The van der Waals surface area contributed by atoms with Crippen molar-refractivity contribution in [3.63, 3.8) is 0 Å². The maximum absolute atomic E-state index is 11.3. The molecule has 1 unspecified atom stereocenters. The minimum Gasteiger partial charge on any atom is -0.469 e. The largest absolute Gasteiger partial charge is 0.469 e. The molecule has 3 heteroatoms. The first-order valence-electron chi connectivity index (χ1n) is 6.00. The van der Waals surface area contributed by atoms with Gasteiger partial charge in [-0.25, -0.2) is 0 Å². The van der Waals surface area contributed by atoms with Crippen LogP contribution < -0.4 is 5.32 Å². The summed E-state index contributed by atoms with van der Waals surface area (Å²) in [5, 5.41) is 3.07.